The predicted molar refractivity (Wildman–Crippen MR) is 66.3 cm³/mol. The maximum absolute atomic E-state index is 4.08. The third kappa shape index (κ3) is 2.63. The number of rotatable bonds is 2. The van der Waals surface area contributed by atoms with Crippen molar-refractivity contribution in [1.82, 2.24) is 10.2 Å². The lowest BCUT2D eigenvalue weighted by atomic mass is 10.0. The summed E-state index contributed by atoms with van der Waals surface area (Å²) in [5.74, 6) is 0. The molecule has 4 heteroatoms. The van der Waals surface area contributed by atoms with Crippen molar-refractivity contribution in [3.05, 3.63) is 43.8 Å². The van der Waals surface area contributed by atoms with E-state index in [1.165, 1.54) is 16.7 Å². The zero-order valence-electron chi connectivity index (χ0n) is 8.62. The standard InChI is InChI=1S/C11H11BrN2S/c1-7-3-4-9(5-8(7)2)6-10-13-14-11(12)15-10/h3-5H,6H2,1-2H3. The highest BCUT2D eigenvalue weighted by Crippen LogP contribution is 2.19. The van der Waals surface area contributed by atoms with E-state index in [2.05, 4.69) is 58.2 Å². The molecule has 0 N–H and O–H groups in total. The van der Waals surface area contributed by atoms with Gasteiger partial charge < -0.3 is 0 Å². The van der Waals surface area contributed by atoms with Crippen LogP contribution in [0.3, 0.4) is 0 Å². The zero-order valence-corrected chi connectivity index (χ0v) is 11.0. The summed E-state index contributed by atoms with van der Waals surface area (Å²) in [5.41, 5.74) is 3.95. The molecule has 0 saturated heterocycles. The third-order valence-electron chi connectivity index (χ3n) is 2.37. The normalized spacial score (nSPS) is 10.6. The quantitative estimate of drug-likeness (QED) is 0.843. The number of aromatic nitrogens is 2. The average Bonchev–Trinajstić information content (AvgIpc) is 2.58. The molecule has 2 nitrogen and oxygen atoms in total. The van der Waals surface area contributed by atoms with E-state index in [-0.39, 0.29) is 0 Å². The van der Waals surface area contributed by atoms with E-state index in [0.29, 0.717) is 0 Å². The third-order valence-corrected chi connectivity index (χ3v) is 3.72. The molecule has 0 saturated carbocycles. The summed E-state index contributed by atoms with van der Waals surface area (Å²) in [6.07, 6.45) is 0.865. The Bertz CT molecular complexity index is 479. The van der Waals surface area contributed by atoms with Crippen LogP contribution in [0.15, 0.2) is 22.1 Å². The van der Waals surface area contributed by atoms with Gasteiger partial charge in [-0.15, -0.1) is 10.2 Å². The predicted octanol–water partition coefficient (Wildman–Crippen LogP) is 3.51. The van der Waals surface area contributed by atoms with Gasteiger partial charge in [-0.3, -0.25) is 0 Å². The topological polar surface area (TPSA) is 25.8 Å². The van der Waals surface area contributed by atoms with Gasteiger partial charge in [-0.05, 0) is 46.5 Å². The van der Waals surface area contributed by atoms with Gasteiger partial charge in [0.15, 0.2) is 3.92 Å². The molecule has 0 aliphatic carbocycles. The van der Waals surface area contributed by atoms with E-state index in [1.807, 2.05) is 0 Å². The monoisotopic (exact) mass is 282 g/mol. The maximum atomic E-state index is 4.08. The van der Waals surface area contributed by atoms with Crippen molar-refractivity contribution >= 4 is 27.3 Å². The Morgan fingerprint density at radius 1 is 1.20 bits per heavy atom. The number of benzene rings is 1. The molecular formula is C11H11BrN2S. The maximum Gasteiger partial charge on any atom is 0.183 e. The molecule has 0 atom stereocenters. The molecule has 78 valence electrons. The lowest BCUT2D eigenvalue weighted by molar-refractivity contribution is 0.991. The van der Waals surface area contributed by atoms with E-state index in [0.717, 1.165) is 15.3 Å². The number of halogens is 1. The molecule has 0 bridgehead atoms. The summed E-state index contributed by atoms with van der Waals surface area (Å²) >= 11 is 4.90. The number of nitrogens with zero attached hydrogens (tertiary/aromatic N) is 2. The van der Waals surface area contributed by atoms with E-state index in [1.54, 1.807) is 11.3 Å². The first kappa shape index (κ1) is 10.8. The summed E-state index contributed by atoms with van der Waals surface area (Å²) in [4.78, 5) is 0. The molecule has 0 spiro atoms. The molecule has 2 aromatic rings. The van der Waals surface area contributed by atoms with Crippen LogP contribution in [0.5, 0.6) is 0 Å². The van der Waals surface area contributed by atoms with E-state index >= 15 is 0 Å². The Morgan fingerprint density at radius 2 is 2.00 bits per heavy atom. The molecule has 0 unspecified atom stereocenters. The first-order valence-electron chi connectivity index (χ1n) is 4.69. The molecule has 0 aliphatic heterocycles. The first-order chi connectivity index (χ1) is 7.15. The Balaban J connectivity index is 2.21. The van der Waals surface area contributed by atoms with Gasteiger partial charge in [0.1, 0.15) is 5.01 Å². The van der Waals surface area contributed by atoms with Crippen LogP contribution in [0.25, 0.3) is 0 Å². The van der Waals surface area contributed by atoms with Gasteiger partial charge in [0, 0.05) is 6.42 Å². The van der Waals surface area contributed by atoms with Gasteiger partial charge in [-0.1, -0.05) is 29.5 Å². The SMILES string of the molecule is Cc1ccc(Cc2nnc(Br)s2)cc1C. The highest BCUT2D eigenvalue weighted by molar-refractivity contribution is 9.11. The Morgan fingerprint density at radius 3 is 2.60 bits per heavy atom. The van der Waals surface area contributed by atoms with Crippen molar-refractivity contribution in [1.29, 1.82) is 0 Å². The molecular weight excluding hydrogens is 272 g/mol. The second-order valence-corrected chi connectivity index (χ2v) is 5.88. The summed E-state index contributed by atoms with van der Waals surface area (Å²) < 4.78 is 0.848. The Kier molecular flexibility index (Phi) is 3.17. The Labute approximate surface area is 101 Å². The zero-order chi connectivity index (χ0) is 10.8. The lowest BCUT2D eigenvalue weighted by Gasteiger charge is -2.02. The van der Waals surface area contributed by atoms with Crippen molar-refractivity contribution in [3.8, 4) is 0 Å². The molecule has 1 aromatic heterocycles. The fraction of sp³-hybridized carbons (Fsp3) is 0.273. The minimum absolute atomic E-state index is 0.848. The number of aryl methyl sites for hydroxylation is 2. The van der Waals surface area contributed by atoms with Crippen LogP contribution in [0.1, 0.15) is 21.7 Å². The smallest absolute Gasteiger partial charge is 0.142 e. The lowest BCUT2D eigenvalue weighted by Crippen LogP contribution is -1.90. The first-order valence-corrected chi connectivity index (χ1v) is 6.30. The van der Waals surface area contributed by atoms with Crippen molar-refractivity contribution in [2.75, 3.05) is 0 Å². The van der Waals surface area contributed by atoms with Gasteiger partial charge in [-0.25, -0.2) is 0 Å². The fourth-order valence-corrected chi connectivity index (χ4v) is 2.63. The van der Waals surface area contributed by atoms with Gasteiger partial charge in [0.2, 0.25) is 0 Å². The minimum Gasteiger partial charge on any atom is -0.142 e. The minimum atomic E-state index is 0.848. The van der Waals surface area contributed by atoms with Crippen molar-refractivity contribution in [2.24, 2.45) is 0 Å². The molecule has 15 heavy (non-hydrogen) atoms. The highest BCUT2D eigenvalue weighted by Gasteiger charge is 2.03. The second kappa shape index (κ2) is 4.41. The van der Waals surface area contributed by atoms with Crippen molar-refractivity contribution in [3.63, 3.8) is 0 Å². The van der Waals surface area contributed by atoms with Crippen LogP contribution in [0.4, 0.5) is 0 Å². The van der Waals surface area contributed by atoms with Gasteiger partial charge >= 0.3 is 0 Å². The second-order valence-electron chi connectivity index (χ2n) is 3.54. The van der Waals surface area contributed by atoms with Gasteiger partial charge in [0.05, 0.1) is 0 Å². The summed E-state index contributed by atoms with van der Waals surface area (Å²) in [5, 5.41) is 9.07. The van der Waals surface area contributed by atoms with Crippen LogP contribution in [-0.2, 0) is 6.42 Å². The van der Waals surface area contributed by atoms with E-state index in [4.69, 9.17) is 0 Å². The van der Waals surface area contributed by atoms with E-state index in [9.17, 15) is 0 Å². The van der Waals surface area contributed by atoms with Crippen molar-refractivity contribution < 1.29 is 0 Å². The molecule has 0 aliphatic rings. The van der Waals surface area contributed by atoms with Crippen LogP contribution < -0.4 is 0 Å². The van der Waals surface area contributed by atoms with Crippen LogP contribution >= 0.6 is 27.3 Å². The largest absolute Gasteiger partial charge is 0.183 e. The van der Waals surface area contributed by atoms with Crippen LogP contribution in [0.2, 0.25) is 0 Å². The molecule has 2 rings (SSSR count). The molecule has 0 fully saturated rings. The average molecular weight is 283 g/mol. The number of hydrogen-bond donors (Lipinski definition) is 0. The van der Waals surface area contributed by atoms with Crippen LogP contribution in [-0.4, -0.2) is 10.2 Å². The summed E-state index contributed by atoms with van der Waals surface area (Å²) in [6, 6.07) is 6.52. The number of hydrogen-bond acceptors (Lipinski definition) is 3. The van der Waals surface area contributed by atoms with Crippen LogP contribution in [0, 0.1) is 13.8 Å². The molecule has 0 radical (unpaired) electrons. The van der Waals surface area contributed by atoms with Crippen molar-refractivity contribution in [2.45, 2.75) is 20.3 Å². The molecule has 1 heterocycles. The van der Waals surface area contributed by atoms with E-state index < -0.39 is 0 Å². The fourth-order valence-electron chi connectivity index (χ4n) is 1.39. The molecule has 1 aromatic carbocycles. The molecule has 0 amide bonds. The highest BCUT2D eigenvalue weighted by atomic mass is 79.9. The van der Waals surface area contributed by atoms with Gasteiger partial charge in [-0.2, -0.15) is 0 Å². The summed E-state index contributed by atoms with van der Waals surface area (Å²) in [7, 11) is 0. The summed E-state index contributed by atoms with van der Waals surface area (Å²) in [6.45, 7) is 4.26. The Hall–Kier alpha value is -0.740. The van der Waals surface area contributed by atoms with Gasteiger partial charge in [0.25, 0.3) is 0 Å².